The Kier molecular flexibility index (Phi) is 5.40. The normalized spacial score (nSPS) is 21.3. The largest absolute Gasteiger partial charge is 0.341 e. The number of amides is 1. The van der Waals surface area contributed by atoms with Gasteiger partial charge < -0.3 is 10.2 Å². The summed E-state index contributed by atoms with van der Waals surface area (Å²) in [6.07, 6.45) is 0. The second-order valence-electron chi connectivity index (χ2n) is 5.40. The maximum Gasteiger partial charge on any atom is 0.239 e. The van der Waals surface area contributed by atoms with Crippen LogP contribution in [0.15, 0.2) is 0 Å². The van der Waals surface area contributed by atoms with Crippen LogP contribution < -0.4 is 5.32 Å². The van der Waals surface area contributed by atoms with Gasteiger partial charge in [0.1, 0.15) is 0 Å². The van der Waals surface area contributed by atoms with Crippen molar-refractivity contribution in [3.8, 4) is 0 Å². The van der Waals surface area contributed by atoms with Gasteiger partial charge in [0.2, 0.25) is 5.91 Å². The minimum absolute atomic E-state index is 0.00306. The summed E-state index contributed by atoms with van der Waals surface area (Å²) in [6.45, 7) is 12.4. The Labute approximate surface area is 105 Å². The Morgan fingerprint density at radius 3 is 2.18 bits per heavy atom. The maximum absolute atomic E-state index is 12.4. The molecule has 0 saturated carbocycles. The minimum atomic E-state index is 0.00306. The topological polar surface area (TPSA) is 35.6 Å². The molecule has 1 aliphatic heterocycles. The van der Waals surface area contributed by atoms with Crippen LogP contribution in [0.2, 0.25) is 0 Å². The van der Waals surface area contributed by atoms with Gasteiger partial charge in [-0.1, -0.05) is 13.8 Å². The van der Waals surface area contributed by atoms with Crippen molar-refractivity contribution in [2.24, 2.45) is 5.92 Å². The average molecular weight is 241 g/mol. The molecule has 1 amide bonds. The lowest BCUT2D eigenvalue weighted by Gasteiger charge is -2.36. The van der Waals surface area contributed by atoms with Crippen molar-refractivity contribution < 1.29 is 4.79 Å². The van der Waals surface area contributed by atoms with E-state index >= 15 is 0 Å². The van der Waals surface area contributed by atoms with Crippen molar-refractivity contribution in [2.75, 3.05) is 33.2 Å². The smallest absolute Gasteiger partial charge is 0.239 e. The zero-order valence-corrected chi connectivity index (χ0v) is 11.9. The summed E-state index contributed by atoms with van der Waals surface area (Å²) in [7, 11) is 1.92. The van der Waals surface area contributed by atoms with Crippen molar-refractivity contribution in [2.45, 2.75) is 39.8 Å². The molecule has 2 atom stereocenters. The first-order valence-electron chi connectivity index (χ1n) is 6.66. The van der Waals surface area contributed by atoms with Crippen molar-refractivity contribution in [3.05, 3.63) is 0 Å². The van der Waals surface area contributed by atoms with Crippen LogP contribution in [0, 0.1) is 5.92 Å². The van der Waals surface area contributed by atoms with Crippen LogP contribution in [0.4, 0.5) is 0 Å². The van der Waals surface area contributed by atoms with Gasteiger partial charge in [0.15, 0.2) is 0 Å². The van der Waals surface area contributed by atoms with Crippen LogP contribution in [-0.2, 0) is 4.79 Å². The molecule has 0 aromatic rings. The summed E-state index contributed by atoms with van der Waals surface area (Å²) >= 11 is 0. The van der Waals surface area contributed by atoms with Gasteiger partial charge in [-0.2, -0.15) is 0 Å². The number of nitrogens with zero attached hydrogens (tertiary/aromatic N) is 2. The highest BCUT2D eigenvalue weighted by Gasteiger charge is 2.28. The highest BCUT2D eigenvalue weighted by Crippen LogP contribution is 2.12. The molecule has 0 aromatic carbocycles. The van der Waals surface area contributed by atoms with Crippen LogP contribution >= 0.6 is 0 Å². The van der Waals surface area contributed by atoms with Crippen molar-refractivity contribution in [1.29, 1.82) is 0 Å². The number of nitrogens with one attached hydrogen (secondary N) is 1. The van der Waals surface area contributed by atoms with E-state index in [0.717, 1.165) is 26.2 Å². The zero-order valence-electron chi connectivity index (χ0n) is 11.9. The maximum atomic E-state index is 12.4. The van der Waals surface area contributed by atoms with Gasteiger partial charge in [-0.15, -0.1) is 0 Å². The van der Waals surface area contributed by atoms with Crippen LogP contribution in [-0.4, -0.2) is 61.0 Å². The van der Waals surface area contributed by atoms with E-state index < -0.39 is 0 Å². The molecule has 1 fully saturated rings. The molecule has 17 heavy (non-hydrogen) atoms. The molecule has 4 heteroatoms. The summed E-state index contributed by atoms with van der Waals surface area (Å²) in [5.41, 5.74) is 0. The fourth-order valence-corrected chi connectivity index (χ4v) is 2.17. The predicted octanol–water partition coefficient (Wildman–Crippen LogP) is 0.783. The summed E-state index contributed by atoms with van der Waals surface area (Å²) < 4.78 is 0. The molecule has 1 rings (SSSR count). The highest BCUT2D eigenvalue weighted by atomic mass is 16.2. The van der Waals surface area contributed by atoms with Crippen molar-refractivity contribution in [3.63, 3.8) is 0 Å². The number of hydrogen-bond acceptors (Lipinski definition) is 3. The van der Waals surface area contributed by atoms with Gasteiger partial charge in [0.05, 0.1) is 6.04 Å². The molecule has 1 heterocycles. The molecule has 4 nitrogen and oxygen atoms in total. The number of piperazine rings is 1. The van der Waals surface area contributed by atoms with Crippen LogP contribution in [0.5, 0.6) is 0 Å². The lowest BCUT2D eigenvalue weighted by atomic mass is 10.0. The number of carbonyl (C=O) groups is 1. The Balaban J connectivity index is 2.55. The van der Waals surface area contributed by atoms with E-state index in [4.69, 9.17) is 0 Å². The van der Waals surface area contributed by atoms with E-state index in [-0.39, 0.29) is 11.9 Å². The molecule has 1 aliphatic rings. The first kappa shape index (κ1) is 14.5. The number of rotatable bonds is 4. The Bertz CT molecular complexity index is 249. The third-order valence-corrected chi connectivity index (χ3v) is 3.98. The average Bonchev–Trinajstić information content (AvgIpc) is 2.36. The zero-order chi connectivity index (χ0) is 13.0. The Morgan fingerprint density at radius 2 is 1.71 bits per heavy atom. The van der Waals surface area contributed by atoms with Crippen molar-refractivity contribution in [1.82, 2.24) is 15.1 Å². The van der Waals surface area contributed by atoms with E-state index in [0.29, 0.717) is 12.0 Å². The molecular formula is C13H27N3O. The predicted molar refractivity (Wildman–Crippen MR) is 71.0 cm³/mol. The minimum Gasteiger partial charge on any atom is -0.341 e. The molecule has 0 aliphatic carbocycles. The lowest BCUT2D eigenvalue weighted by molar-refractivity contribution is -0.137. The fourth-order valence-electron chi connectivity index (χ4n) is 2.17. The third kappa shape index (κ3) is 3.68. The van der Waals surface area contributed by atoms with E-state index in [1.165, 1.54) is 0 Å². The molecular weight excluding hydrogens is 214 g/mol. The number of carbonyl (C=O) groups excluding carboxylic acids is 1. The summed E-state index contributed by atoms with van der Waals surface area (Å²) in [5.74, 6) is 0.743. The fraction of sp³-hybridized carbons (Fsp3) is 0.923. The highest BCUT2D eigenvalue weighted by molar-refractivity contribution is 5.81. The Hall–Kier alpha value is -0.610. The van der Waals surface area contributed by atoms with Gasteiger partial charge >= 0.3 is 0 Å². The first-order valence-corrected chi connectivity index (χ1v) is 6.66. The first-order chi connectivity index (χ1) is 7.95. The molecule has 0 aromatic heterocycles. The second kappa shape index (κ2) is 6.36. The van der Waals surface area contributed by atoms with Crippen LogP contribution in [0.3, 0.4) is 0 Å². The SMILES string of the molecule is CC(C)C(C)N(C)C(=O)C(C)N1CCNCC1. The summed E-state index contributed by atoms with van der Waals surface area (Å²) in [5, 5.41) is 3.31. The molecule has 2 unspecified atom stereocenters. The van der Waals surface area contributed by atoms with E-state index in [9.17, 15) is 4.79 Å². The quantitative estimate of drug-likeness (QED) is 0.790. The van der Waals surface area contributed by atoms with Gasteiger partial charge in [0.25, 0.3) is 0 Å². The van der Waals surface area contributed by atoms with Gasteiger partial charge in [0, 0.05) is 39.3 Å². The van der Waals surface area contributed by atoms with E-state index in [2.05, 4.69) is 31.0 Å². The van der Waals surface area contributed by atoms with Crippen LogP contribution in [0.1, 0.15) is 27.7 Å². The standard InChI is InChI=1S/C13H27N3O/c1-10(2)11(3)15(5)13(17)12(4)16-8-6-14-7-9-16/h10-12,14H,6-9H2,1-5H3. The second-order valence-corrected chi connectivity index (χ2v) is 5.40. The van der Waals surface area contributed by atoms with Crippen molar-refractivity contribution >= 4 is 5.91 Å². The van der Waals surface area contributed by atoms with Crippen LogP contribution in [0.25, 0.3) is 0 Å². The van der Waals surface area contributed by atoms with Gasteiger partial charge in [-0.3, -0.25) is 9.69 Å². The molecule has 0 spiro atoms. The lowest BCUT2D eigenvalue weighted by Crippen LogP contribution is -2.54. The molecule has 1 saturated heterocycles. The van der Waals surface area contributed by atoms with Gasteiger partial charge in [-0.25, -0.2) is 0 Å². The monoisotopic (exact) mass is 241 g/mol. The summed E-state index contributed by atoms with van der Waals surface area (Å²) in [4.78, 5) is 16.5. The van der Waals surface area contributed by atoms with E-state index in [1.807, 2.05) is 18.9 Å². The number of likely N-dealkylation sites (N-methyl/N-ethyl adjacent to an activating group) is 1. The molecule has 0 radical (unpaired) electrons. The molecule has 0 bridgehead atoms. The number of hydrogen-bond donors (Lipinski definition) is 1. The van der Waals surface area contributed by atoms with Gasteiger partial charge in [-0.05, 0) is 19.8 Å². The third-order valence-electron chi connectivity index (χ3n) is 3.98. The molecule has 100 valence electrons. The summed E-state index contributed by atoms with van der Waals surface area (Å²) in [6, 6.07) is 0.302. The Morgan fingerprint density at radius 1 is 1.18 bits per heavy atom. The van der Waals surface area contributed by atoms with E-state index in [1.54, 1.807) is 0 Å². The molecule has 1 N–H and O–H groups in total.